The molecule has 4 atom stereocenters. The van der Waals surface area contributed by atoms with Crippen LogP contribution in [0.2, 0.25) is 0 Å². The summed E-state index contributed by atoms with van der Waals surface area (Å²) >= 11 is 1.51. The van der Waals surface area contributed by atoms with Crippen LogP contribution < -0.4 is 0 Å². The minimum Gasteiger partial charge on any atom is -0.507 e. The molecule has 1 aromatic carbocycles. The number of carbonyl (C=O) groups excluding carboxylic acids is 2. The molecule has 0 bridgehead atoms. The van der Waals surface area contributed by atoms with E-state index in [1.807, 2.05) is 42.6 Å². The summed E-state index contributed by atoms with van der Waals surface area (Å²) in [4.78, 5) is 29.1. The van der Waals surface area contributed by atoms with Gasteiger partial charge in [0.2, 0.25) is 11.8 Å². The Labute approximate surface area is 223 Å². The van der Waals surface area contributed by atoms with Gasteiger partial charge in [0.1, 0.15) is 5.75 Å². The van der Waals surface area contributed by atoms with Crippen LogP contribution in [0.3, 0.4) is 0 Å². The summed E-state index contributed by atoms with van der Waals surface area (Å²) in [6, 6.07) is 11.0. The number of likely N-dealkylation sites (tertiary alicyclic amines) is 1. The predicted octanol–water partition coefficient (Wildman–Crippen LogP) is 5.30. The van der Waals surface area contributed by atoms with Crippen molar-refractivity contribution in [1.29, 1.82) is 0 Å². The summed E-state index contributed by atoms with van der Waals surface area (Å²) in [6.07, 6.45) is 5.05. The Morgan fingerprint density at radius 3 is 2.59 bits per heavy atom. The van der Waals surface area contributed by atoms with Crippen LogP contribution in [0.4, 0.5) is 0 Å². The monoisotopic (exact) mass is 523 g/mol. The van der Waals surface area contributed by atoms with Crippen LogP contribution in [-0.4, -0.2) is 44.7 Å². The number of thiophene rings is 1. The van der Waals surface area contributed by atoms with Crippen molar-refractivity contribution in [3.63, 3.8) is 0 Å². The van der Waals surface area contributed by atoms with E-state index in [0.717, 1.165) is 46.4 Å². The molecular formula is C30H37NO5S. The Balaban J connectivity index is 1.57. The lowest BCUT2D eigenvalue weighted by Gasteiger charge is -2.36. The summed E-state index contributed by atoms with van der Waals surface area (Å²) in [6.45, 7) is 4.10. The number of para-hydroxylation sites is 1. The lowest BCUT2D eigenvalue weighted by Crippen LogP contribution is -2.39. The Bertz CT molecular complexity index is 1170. The molecule has 0 radical (unpaired) electrons. The topological polar surface area (TPSA) is 98.1 Å². The van der Waals surface area contributed by atoms with Gasteiger partial charge in [-0.15, -0.1) is 11.3 Å². The molecule has 0 spiro atoms. The van der Waals surface area contributed by atoms with Gasteiger partial charge >= 0.3 is 0 Å². The Kier molecular flexibility index (Phi) is 9.00. The first-order chi connectivity index (χ1) is 17.9. The van der Waals surface area contributed by atoms with E-state index in [-0.39, 0.29) is 30.7 Å². The number of rotatable bonds is 11. The summed E-state index contributed by atoms with van der Waals surface area (Å²) in [5.74, 6) is -1.86. The molecule has 1 aliphatic carbocycles. The van der Waals surface area contributed by atoms with Crippen LogP contribution >= 0.6 is 11.3 Å². The first kappa shape index (κ1) is 27.3. The van der Waals surface area contributed by atoms with Crippen molar-refractivity contribution in [3.05, 3.63) is 68.9 Å². The highest BCUT2D eigenvalue weighted by molar-refractivity contribution is 7.09. The number of phenolic OH excluding ortho intramolecular Hbond substituents is 1. The van der Waals surface area contributed by atoms with Crippen molar-refractivity contribution in [2.75, 3.05) is 6.61 Å². The van der Waals surface area contributed by atoms with E-state index >= 15 is 0 Å². The van der Waals surface area contributed by atoms with Gasteiger partial charge in [-0.3, -0.25) is 14.5 Å². The van der Waals surface area contributed by atoms with Crippen molar-refractivity contribution in [2.24, 2.45) is 17.8 Å². The van der Waals surface area contributed by atoms with E-state index < -0.39 is 23.9 Å². The Morgan fingerprint density at radius 2 is 1.95 bits per heavy atom. The molecular weight excluding hydrogens is 486 g/mol. The largest absolute Gasteiger partial charge is 0.507 e. The van der Waals surface area contributed by atoms with Crippen molar-refractivity contribution in [2.45, 2.75) is 65.0 Å². The maximum atomic E-state index is 13.5. The fourth-order valence-electron chi connectivity index (χ4n) is 5.94. The van der Waals surface area contributed by atoms with Crippen LogP contribution in [-0.2, 0) is 16.1 Å². The maximum Gasteiger partial charge on any atom is 0.234 e. The van der Waals surface area contributed by atoms with Gasteiger partial charge < -0.3 is 15.3 Å². The van der Waals surface area contributed by atoms with Crippen LogP contribution in [0.15, 0.2) is 58.5 Å². The van der Waals surface area contributed by atoms with Gasteiger partial charge in [0, 0.05) is 16.4 Å². The molecule has 7 heteroatoms. The van der Waals surface area contributed by atoms with Gasteiger partial charge in [-0.05, 0) is 55.2 Å². The molecule has 2 amide bonds. The van der Waals surface area contributed by atoms with Crippen molar-refractivity contribution in [1.82, 2.24) is 4.90 Å². The molecule has 2 heterocycles. The second-order valence-corrected chi connectivity index (χ2v) is 11.1. The lowest BCUT2D eigenvalue weighted by atomic mass is 9.67. The van der Waals surface area contributed by atoms with Gasteiger partial charge in [-0.1, -0.05) is 61.8 Å². The van der Waals surface area contributed by atoms with E-state index in [2.05, 4.69) is 6.92 Å². The molecule has 4 rings (SSSR count). The first-order valence-corrected chi connectivity index (χ1v) is 14.1. The Morgan fingerprint density at radius 1 is 1.16 bits per heavy atom. The number of hydrogen-bond acceptors (Lipinski definition) is 6. The van der Waals surface area contributed by atoms with E-state index in [0.29, 0.717) is 19.3 Å². The molecule has 37 heavy (non-hydrogen) atoms. The fraction of sp³-hybridized carbons (Fsp3) is 0.467. The third kappa shape index (κ3) is 5.74. The second-order valence-electron chi connectivity index (χ2n) is 10.0. The molecule has 2 aliphatic rings. The third-order valence-corrected chi connectivity index (χ3v) is 8.63. The number of carbonyl (C=O) groups is 2. The summed E-state index contributed by atoms with van der Waals surface area (Å²) in [5, 5.41) is 34.0. The maximum absolute atomic E-state index is 13.5. The van der Waals surface area contributed by atoms with Gasteiger partial charge in [0.25, 0.3) is 0 Å². The average Bonchev–Trinajstić information content (AvgIpc) is 3.49. The minimum atomic E-state index is -0.812. The highest BCUT2D eigenvalue weighted by Gasteiger charge is 2.54. The van der Waals surface area contributed by atoms with E-state index in [1.54, 1.807) is 12.1 Å². The number of aromatic hydroxyl groups is 1. The molecule has 1 fully saturated rings. The molecule has 2 aromatic rings. The number of fused-ring (bicyclic) bond motifs is 1. The number of benzene rings is 1. The van der Waals surface area contributed by atoms with Crippen molar-refractivity contribution >= 4 is 29.2 Å². The summed E-state index contributed by atoms with van der Waals surface area (Å²) in [7, 11) is 0. The first-order valence-electron chi connectivity index (χ1n) is 13.2. The number of phenols is 1. The van der Waals surface area contributed by atoms with Gasteiger partial charge in [0.05, 0.1) is 31.1 Å². The van der Waals surface area contributed by atoms with E-state index in [1.165, 1.54) is 16.2 Å². The van der Waals surface area contributed by atoms with Gasteiger partial charge in [-0.25, -0.2) is 0 Å². The number of amides is 2. The molecule has 0 unspecified atom stereocenters. The van der Waals surface area contributed by atoms with Crippen LogP contribution in [0.5, 0.6) is 5.75 Å². The van der Waals surface area contributed by atoms with Crippen LogP contribution in [0.1, 0.15) is 62.8 Å². The zero-order valence-corrected chi connectivity index (χ0v) is 22.4. The average molecular weight is 524 g/mol. The molecule has 1 saturated heterocycles. The lowest BCUT2D eigenvalue weighted by molar-refractivity contribution is -0.140. The Hall–Kier alpha value is -2.74. The van der Waals surface area contributed by atoms with Crippen molar-refractivity contribution in [3.8, 4) is 5.75 Å². The number of aliphatic hydroxyl groups is 2. The van der Waals surface area contributed by atoms with Crippen LogP contribution in [0, 0.1) is 17.8 Å². The summed E-state index contributed by atoms with van der Waals surface area (Å²) in [5.41, 5.74) is 3.61. The van der Waals surface area contributed by atoms with Gasteiger partial charge in [-0.2, -0.15) is 0 Å². The number of aliphatic hydroxyl groups excluding tert-OH is 2. The number of hydrogen-bond donors (Lipinski definition) is 3. The van der Waals surface area contributed by atoms with E-state index in [9.17, 15) is 24.9 Å². The molecule has 198 valence electrons. The molecule has 1 aliphatic heterocycles. The van der Waals surface area contributed by atoms with E-state index in [4.69, 9.17) is 0 Å². The van der Waals surface area contributed by atoms with Crippen LogP contribution in [0.25, 0.3) is 6.08 Å². The number of allylic oxidation sites excluding steroid dienone is 2. The number of imide groups is 1. The van der Waals surface area contributed by atoms with Crippen molar-refractivity contribution < 1.29 is 24.9 Å². The molecule has 3 N–H and O–H groups in total. The second kappa shape index (κ2) is 12.2. The highest BCUT2D eigenvalue weighted by Crippen LogP contribution is 2.47. The third-order valence-electron chi connectivity index (χ3n) is 7.77. The molecule has 6 nitrogen and oxygen atoms in total. The molecule has 1 aromatic heterocycles. The summed E-state index contributed by atoms with van der Waals surface area (Å²) < 4.78 is 0. The fourth-order valence-corrected chi connectivity index (χ4v) is 6.63. The predicted molar refractivity (Wildman–Crippen MR) is 146 cm³/mol. The zero-order valence-electron chi connectivity index (χ0n) is 21.6. The zero-order chi connectivity index (χ0) is 26.5. The van der Waals surface area contributed by atoms with Gasteiger partial charge in [0.15, 0.2) is 0 Å². The normalized spacial score (nSPS) is 23.1. The minimum absolute atomic E-state index is 0.164. The quantitative estimate of drug-likeness (QED) is 0.274. The smallest absolute Gasteiger partial charge is 0.234 e. The highest BCUT2D eigenvalue weighted by atomic mass is 32.1. The number of nitrogens with zero attached hydrogens (tertiary/aromatic N) is 1. The standard InChI is InChI=1S/C30H37NO5S/c1-3-8-21-16-23-28(30(36)31(29(23)35)17-22-10-7-14-37-22)24(18-32)27(21)26(34)13-12-19(4-2)15-20-9-5-6-11-25(20)33/h5-7,9-11,14-15,23-24,26,28,32-34H,3-4,8,12-13,16-18H2,1-2H3/b19-15+/t23-,24+,26-,28-/m1/s1. The SMILES string of the molecule is CCCC1=C([C@H](O)CC/C(=C/c2ccccc2O)CC)[C@H](CO)[C@@H]2C(=O)N(Cc3cccs3)C(=O)[C@@H]2C1. The molecule has 0 saturated carbocycles.